The number of aryl methyl sites for hydroxylation is 1. The summed E-state index contributed by atoms with van der Waals surface area (Å²) in [5, 5.41) is 12.8. The standard InChI is InChI=1S/C18H26N6O2/c1-13-20-16(23-22-13)14-4-6-15(7-5-14)21-17(25)19-12-18(24(2)3)8-10-26-11-9-18/h4-7H,8-12H2,1-3H3,(H2,19,21,25)(H,20,22,23). The molecule has 0 atom stereocenters. The van der Waals surface area contributed by atoms with Crippen molar-refractivity contribution in [1.29, 1.82) is 0 Å². The van der Waals surface area contributed by atoms with Crippen LogP contribution in [0.3, 0.4) is 0 Å². The van der Waals surface area contributed by atoms with E-state index in [1.54, 1.807) is 0 Å². The zero-order valence-electron chi connectivity index (χ0n) is 15.5. The van der Waals surface area contributed by atoms with Crippen LogP contribution in [0.4, 0.5) is 10.5 Å². The number of hydrogen-bond donors (Lipinski definition) is 3. The number of rotatable bonds is 5. The van der Waals surface area contributed by atoms with Gasteiger partial charge in [0.1, 0.15) is 5.82 Å². The zero-order chi connectivity index (χ0) is 18.6. The Morgan fingerprint density at radius 1 is 1.27 bits per heavy atom. The van der Waals surface area contributed by atoms with E-state index in [0.717, 1.165) is 43.1 Å². The second kappa shape index (κ2) is 7.84. The van der Waals surface area contributed by atoms with Crippen LogP contribution in [0.15, 0.2) is 24.3 Å². The molecule has 3 N–H and O–H groups in total. The summed E-state index contributed by atoms with van der Waals surface area (Å²) >= 11 is 0. The Bertz CT molecular complexity index is 734. The number of carbonyl (C=O) groups excluding carboxylic acids is 1. The van der Waals surface area contributed by atoms with Crippen molar-refractivity contribution in [3.8, 4) is 11.4 Å². The summed E-state index contributed by atoms with van der Waals surface area (Å²) in [6.45, 7) is 3.90. The van der Waals surface area contributed by atoms with E-state index in [0.29, 0.717) is 12.4 Å². The van der Waals surface area contributed by atoms with Crippen LogP contribution < -0.4 is 10.6 Å². The number of urea groups is 1. The summed E-state index contributed by atoms with van der Waals surface area (Å²) in [6, 6.07) is 7.25. The molecule has 0 aliphatic carbocycles. The minimum absolute atomic E-state index is 0.0526. The summed E-state index contributed by atoms with van der Waals surface area (Å²) in [6.07, 6.45) is 1.82. The number of benzene rings is 1. The van der Waals surface area contributed by atoms with Crippen molar-refractivity contribution in [2.75, 3.05) is 39.2 Å². The highest BCUT2D eigenvalue weighted by Gasteiger charge is 2.35. The number of hydrogen-bond acceptors (Lipinski definition) is 5. The van der Waals surface area contributed by atoms with Gasteiger partial charge in [0.15, 0.2) is 5.82 Å². The largest absolute Gasteiger partial charge is 0.381 e. The molecule has 26 heavy (non-hydrogen) atoms. The highest BCUT2D eigenvalue weighted by molar-refractivity contribution is 5.89. The van der Waals surface area contributed by atoms with Crippen LogP contribution >= 0.6 is 0 Å². The van der Waals surface area contributed by atoms with Gasteiger partial charge in [0.05, 0.1) is 0 Å². The van der Waals surface area contributed by atoms with Crippen LogP contribution in [-0.4, -0.2) is 65.5 Å². The third kappa shape index (κ3) is 4.20. The fraction of sp³-hybridized carbons (Fsp3) is 0.500. The van der Waals surface area contributed by atoms with Crippen molar-refractivity contribution >= 4 is 11.7 Å². The van der Waals surface area contributed by atoms with Crippen LogP contribution in [0, 0.1) is 6.92 Å². The maximum Gasteiger partial charge on any atom is 0.319 e. The fourth-order valence-corrected chi connectivity index (χ4v) is 3.13. The predicted octanol–water partition coefficient (Wildman–Crippen LogP) is 2.01. The van der Waals surface area contributed by atoms with Crippen molar-refractivity contribution < 1.29 is 9.53 Å². The summed E-state index contributed by atoms with van der Waals surface area (Å²) in [4.78, 5) is 18.8. The summed E-state index contributed by atoms with van der Waals surface area (Å²) in [7, 11) is 4.10. The van der Waals surface area contributed by atoms with Crippen molar-refractivity contribution in [2.24, 2.45) is 0 Å². The summed E-state index contributed by atoms with van der Waals surface area (Å²) in [5.74, 6) is 1.41. The quantitative estimate of drug-likeness (QED) is 0.760. The predicted molar refractivity (Wildman–Crippen MR) is 100 cm³/mol. The lowest BCUT2D eigenvalue weighted by atomic mass is 9.88. The van der Waals surface area contributed by atoms with Crippen LogP contribution in [0.1, 0.15) is 18.7 Å². The van der Waals surface area contributed by atoms with E-state index in [1.165, 1.54) is 0 Å². The van der Waals surface area contributed by atoms with Gasteiger partial charge in [0.2, 0.25) is 0 Å². The molecule has 1 aliphatic rings. The molecule has 0 radical (unpaired) electrons. The first-order valence-corrected chi connectivity index (χ1v) is 8.78. The highest BCUT2D eigenvalue weighted by Crippen LogP contribution is 2.25. The molecule has 2 amide bonds. The molecule has 1 aromatic carbocycles. The molecule has 8 heteroatoms. The summed E-state index contributed by atoms with van der Waals surface area (Å²) < 4.78 is 5.46. The van der Waals surface area contributed by atoms with Crippen molar-refractivity contribution in [2.45, 2.75) is 25.3 Å². The third-order valence-electron chi connectivity index (χ3n) is 4.95. The average Bonchev–Trinajstić information content (AvgIpc) is 3.08. The Hall–Kier alpha value is -2.45. The number of anilines is 1. The minimum atomic E-state index is -0.209. The molecule has 3 rings (SSSR count). The number of amides is 2. The number of H-pyrrole nitrogens is 1. The molecule has 8 nitrogen and oxygen atoms in total. The van der Waals surface area contributed by atoms with E-state index in [4.69, 9.17) is 4.74 Å². The monoisotopic (exact) mass is 358 g/mol. The van der Waals surface area contributed by atoms with E-state index < -0.39 is 0 Å². The Labute approximate surface area is 153 Å². The molecule has 0 saturated carbocycles. The van der Waals surface area contributed by atoms with Crippen LogP contribution in [0.25, 0.3) is 11.4 Å². The average molecular weight is 358 g/mol. The smallest absolute Gasteiger partial charge is 0.319 e. The van der Waals surface area contributed by atoms with Gasteiger partial charge in [-0.3, -0.25) is 5.10 Å². The molecular weight excluding hydrogens is 332 g/mol. The van der Waals surface area contributed by atoms with E-state index in [9.17, 15) is 4.79 Å². The first-order chi connectivity index (χ1) is 12.5. The minimum Gasteiger partial charge on any atom is -0.381 e. The van der Waals surface area contributed by atoms with E-state index in [2.05, 4.69) is 44.8 Å². The van der Waals surface area contributed by atoms with Gasteiger partial charge in [-0.25, -0.2) is 9.78 Å². The molecule has 2 heterocycles. The molecule has 1 fully saturated rings. The van der Waals surface area contributed by atoms with E-state index in [1.807, 2.05) is 31.2 Å². The topological polar surface area (TPSA) is 95.2 Å². The van der Waals surface area contributed by atoms with Gasteiger partial charge in [-0.15, -0.1) is 0 Å². The first kappa shape index (κ1) is 18.3. The number of nitrogens with one attached hydrogen (secondary N) is 3. The van der Waals surface area contributed by atoms with Crippen LogP contribution in [-0.2, 0) is 4.74 Å². The molecule has 1 aromatic heterocycles. The first-order valence-electron chi connectivity index (χ1n) is 8.78. The molecule has 1 saturated heterocycles. The zero-order valence-corrected chi connectivity index (χ0v) is 15.5. The number of carbonyl (C=O) groups is 1. The molecule has 0 bridgehead atoms. The second-order valence-corrected chi connectivity index (χ2v) is 6.86. The van der Waals surface area contributed by atoms with E-state index in [-0.39, 0.29) is 11.6 Å². The van der Waals surface area contributed by atoms with Gasteiger partial charge < -0.3 is 20.3 Å². The molecule has 0 spiro atoms. The molecule has 140 valence electrons. The normalized spacial score (nSPS) is 16.5. The third-order valence-corrected chi connectivity index (χ3v) is 4.95. The lowest BCUT2D eigenvalue weighted by molar-refractivity contribution is -0.00553. The SMILES string of the molecule is Cc1nc(-c2ccc(NC(=O)NCC3(N(C)C)CCOCC3)cc2)n[nH]1. The Kier molecular flexibility index (Phi) is 5.53. The van der Waals surface area contributed by atoms with E-state index >= 15 is 0 Å². The van der Waals surface area contributed by atoms with Gasteiger partial charge in [0.25, 0.3) is 0 Å². The molecule has 1 aliphatic heterocycles. The molecule has 2 aromatic rings. The highest BCUT2D eigenvalue weighted by atomic mass is 16.5. The summed E-state index contributed by atoms with van der Waals surface area (Å²) in [5.41, 5.74) is 1.57. The molecular formula is C18H26N6O2. The number of nitrogens with zero attached hydrogens (tertiary/aromatic N) is 3. The van der Waals surface area contributed by atoms with Gasteiger partial charge in [-0.05, 0) is 58.1 Å². The van der Waals surface area contributed by atoms with Crippen LogP contribution in [0.5, 0.6) is 0 Å². The molecule has 0 unspecified atom stereocenters. The van der Waals surface area contributed by atoms with Crippen molar-refractivity contribution in [3.63, 3.8) is 0 Å². The van der Waals surface area contributed by atoms with Gasteiger partial charge >= 0.3 is 6.03 Å². The van der Waals surface area contributed by atoms with Gasteiger partial charge in [-0.1, -0.05) is 0 Å². The van der Waals surface area contributed by atoms with Crippen LogP contribution in [0.2, 0.25) is 0 Å². The Morgan fingerprint density at radius 3 is 2.54 bits per heavy atom. The van der Waals surface area contributed by atoms with Gasteiger partial charge in [-0.2, -0.15) is 5.10 Å². The number of likely N-dealkylation sites (N-methyl/N-ethyl adjacent to an activating group) is 1. The maximum atomic E-state index is 12.3. The number of aromatic amines is 1. The van der Waals surface area contributed by atoms with Crippen molar-refractivity contribution in [3.05, 3.63) is 30.1 Å². The number of aromatic nitrogens is 3. The fourth-order valence-electron chi connectivity index (χ4n) is 3.13. The Morgan fingerprint density at radius 2 is 1.96 bits per heavy atom. The number of ether oxygens (including phenoxy) is 1. The second-order valence-electron chi connectivity index (χ2n) is 6.86. The lowest BCUT2D eigenvalue weighted by Gasteiger charge is -2.42. The lowest BCUT2D eigenvalue weighted by Crippen LogP contribution is -2.56. The maximum absolute atomic E-state index is 12.3. The Balaban J connectivity index is 1.56. The van der Waals surface area contributed by atoms with Gasteiger partial charge in [0, 0.05) is 36.5 Å². The van der Waals surface area contributed by atoms with Crippen molar-refractivity contribution in [1.82, 2.24) is 25.4 Å².